The summed E-state index contributed by atoms with van der Waals surface area (Å²) in [6.45, 7) is 4.29. The molecule has 1 aromatic carbocycles. The average Bonchev–Trinajstić information content (AvgIpc) is 2.32. The van der Waals surface area contributed by atoms with Crippen molar-refractivity contribution in [2.75, 3.05) is 11.8 Å². The molecule has 0 radical (unpaired) electrons. The molecule has 0 saturated carbocycles. The van der Waals surface area contributed by atoms with Crippen LogP contribution in [-0.4, -0.2) is 11.8 Å². The summed E-state index contributed by atoms with van der Waals surface area (Å²) in [5.74, 6) is 1.10. The Morgan fingerprint density at radius 1 is 1.22 bits per heavy atom. The lowest BCUT2D eigenvalue weighted by Crippen LogP contribution is -2.30. The van der Waals surface area contributed by atoms with Gasteiger partial charge < -0.3 is 0 Å². The van der Waals surface area contributed by atoms with Crippen LogP contribution in [0.2, 0.25) is 5.02 Å². The zero-order valence-electron chi connectivity index (χ0n) is 10.6. The van der Waals surface area contributed by atoms with Crippen molar-refractivity contribution in [3.63, 3.8) is 0 Å². The summed E-state index contributed by atoms with van der Waals surface area (Å²) in [5, 5.41) is 0.148. The largest absolute Gasteiger partial charge is 0.205 e. The molecule has 102 valence electrons. The van der Waals surface area contributed by atoms with Crippen molar-refractivity contribution in [2.24, 2.45) is 11.3 Å². The molecule has 0 bridgehead atoms. The van der Waals surface area contributed by atoms with E-state index >= 15 is 0 Å². The van der Waals surface area contributed by atoms with E-state index in [9.17, 15) is 4.39 Å². The molecule has 0 spiro atoms. The minimum absolute atomic E-state index is 0.148. The summed E-state index contributed by atoms with van der Waals surface area (Å²) in [6, 6.07) is 4.79. The first-order chi connectivity index (χ1) is 8.42. The number of hydrogen-bond donors (Lipinski definition) is 0. The van der Waals surface area contributed by atoms with Crippen LogP contribution in [-0.2, 0) is 6.42 Å². The zero-order chi connectivity index (χ0) is 13.8. The van der Waals surface area contributed by atoms with Gasteiger partial charge in [-0.05, 0) is 36.5 Å². The summed E-state index contributed by atoms with van der Waals surface area (Å²) in [5.41, 5.74) is 0.821. The molecule has 0 fully saturated rings. The van der Waals surface area contributed by atoms with Crippen LogP contribution in [0.25, 0.3) is 0 Å². The normalized spacial score (nSPS) is 12.2. The number of alkyl halides is 2. The van der Waals surface area contributed by atoms with E-state index in [-0.39, 0.29) is 10.4 Å². The maximum atomic E-state index is 13.1. The van der Waals surface area contributed by atoms with E-state index < -0.39 is 5.82 Å². The second kappa shape index (κ2) is 6.98. The fourth-order valence-electron chi connectivity index (χ4n) is 2.26. The molecule has 0 unspecified atom stereocenters. The monoisotopic (exact) mass is 310 g/mol. The number of rotatable bonds is 6. The van der Waals surface area contributed by atoms with Gasteiger partial charge in [0.15, 0.2) is 0 Å². The van der Waals surface area contributed by atoms with E-state index in [0.717, 1.165) is 18.4 Å². The molecule has 0 N–H and O–H groups in total. The topological polar surface area (TPSA) is 0 Å². The third-order valence-electron chi connectivity index (χ3n) is 2.97. The number of hydrogen-bond acceptors (Lipinski definition) is 0. The zero-order valence-corrected chi connectivity index (χ0v) is 12.9. The number of benzene rings is 1. The van der Waals surface area contributed by atoms with Gasteiger partial charge in [0.1, 0.15) is 5.82 Å². The fourth-order valence-corrected chi connectivity index (χ4v) is 3.16. The molecule has 0 heterocycles. The molecule has 0 aromatic heterocycles. The molecule has 0 nitrogen and oxygen atoms in total. The lowest BCUT2D eigenvalue weighted by molar-refractivity contribution is 0.295. The Bertz CT molecular complexity index is 387. The predicted molar refractivity (Wildman–Crippen MR) is 78.4 cm³/mol. The van der Waals surface area contributed by atoms with Crippen LogP contribution in [0, 0.1) is 17.2 Å². The molecule has 0 aliphatic heterocycles. The van der Waals surface area contributed by atoms with Crippen LogP contribution < -0.4 is 0 Å². The van der Waals surface area contributed by atoms with E-state index in [1.54, 1.807) is 12.1 Å². The highest BCUT2D eigenvalue weighted by atomic mass is 35.5. The Balaban J connectivity index is 2.92. The summed E-state index contributed by atoms with van der Waals surface area (Å²) < 4.78 is 13.1. The molecule has 1 rings (SSSR count). The molecular formula is C14H18Cl3F. The Hall–Kier alpha value is 0.0200. The first kappa shape index (κ1) is 16.1. The van der Waals surface area contributed by atoms with Gasteiger partial charge in [0, 0.05) is 17.2 Å². The lowest BCUT2D eigenvalue weighted by Gasteiger charge is -2.31. The summed E-state index contributed by atoms with van der Waals surface area (Å²) in [4.78, 5) is 0. The standard InChI is InChI=1S/C14H18Cl3F/c1-10(2)6-14(8-15,9-16)7-11-3-4-13(18)12(17)5-11/h3-5,10H,6-9H2,1-2H3. The highest BCUT2D eigenvalue weighted by Crippen LogP contribution is 2.34. The Kier molecular flexibility index (Phi) is 6.23. The molecule has 0 atom stereocenters. The van der Waals surface area contributed by atoms with Crippen molar-refractivity contribution in [3.8, 4) is 0 Å². The van der Waals surface area contributed by atoms with Gasteiger partial charge in [0.05, 0.1) is 5.02 Å². The molecule has 0 aliphatic carbocycles. The maximum absolute atomic E-state index is 13.1. The molecular weight excluding hydrogens is 294 g/mol. The SMILES string of the molecule is CC(C)CC(CCl)(CCl)Cc1ccc(F)c(Cl)c1. The molecule has 18 heavy (non-hydrogen) atoms. The van der Waals surface area contributed by atoms with E-state index in [2.05, 4.69) is 13.8 Å². The van der Waals surface area contributed by atoms with Crippen LogP contribution >= 0.6 is 34.8 Å². The van der Waals surface area contributed by atoms with E-state index in [1.807, 2.05) is 0 Å². The maximum Gasteiger partial charge on any atom is 0.141 e. The molecule has 0 amide bonds. The van der Waals surface area contributed by atoms with Crippen molar-refractivity contribution in [2.45, 2.75) is 26.7 Å². The quantitative estimate of drug-likeness (QED) is 0.606. The van der Waals surface area contributed by atoms with Gasteiger partial charge in [-0.15, -0.1) is 23.2 Å². The van der Waals surface area contributed by atoms with E-state index in [0.29, 0.717) is 17.7 Å². The van der Waals surface area contributed by atoms with E-state index in [1.165, 1.54) is 6.07 Å². The van der Waals surface area contributed by atoms with Crippen molar-refractivity contribution < 1.29 is 4.39 Å². The first-order valence-electron chi connectivity index (χ1n) is 5.98. The van der Waals surface area contributed by atoms with Crippen LogP contribution in [0.3, 0.4) is 0 Å². The fraction of sp³-hybridized carbons (Fsp3) is 0.571. The second-order valence-electron chi connectivity index (χ2n) is 5.29. The molecule has 1 aromatic rings. The van der Waals surface area contributed by atoms with E-state index in [4.69, 9.17) is 34.8 Å². The van der Waals surface area contributed by atoms with Crippen LogP contribution in [0.15, 0.2) is 18.2 Å². The van der Waals surface area contributed by atoms with Gasteiger partial charge in [-0.1, -0.05) is 31.5 Å². The summed E-state index contributed by atoms with van der Waals surface area (Å²) in [6.07, 6.45) is 1.66. The third-order valence-corrected chi connectivity index (χ3v) is 4.39. The van der Waals surface area contributed by atoms with Gasteiger partial charge >= 0.3 is 0 Å². The van der Waals surface area contributed by atoms with Crippen LogP contribution in [0.1, 0.15) is 25.8 Å². The Morgan fingerprint density at radius 2 is 1.83 bits per heavy atom. The minimum atomic E-state index is -0.397. The second-order valence-corrected chi connectivity index (χ2v) is 6.23. The smallest absolute Gasteiger partial charge is 0.141 e. The summed E-state index contributed by atoms with van der Waals surface area (Å²) >= 11 is 18.0. The van der Waals surface area contributed by atoms with Gasteiger partial charge in [-0.25, -0.2) is 4.39 Å². The van der Waals surface area contributed by atoms with Crippen LogP contribution in [0.5, 0.6) is 0 Å². The van der Waals surface area contributed by atoms with Crippen LogP contribution in [0.4, 0.5) is 4.39 Å². The molecule has 0 saturated heterocycles. The van der Waals surface area contributed by atoms with Gasteiger partial charge in [-0.3, -0.25) is 0 Å². The Labute approximate surface area is 123 Å². The van der Waals surface area contributed by atoms with Gasteiger partial charge in [0.25, 0.3) is 0 Å². The molecule has 4 heteroatoms. The average molecular weight is 312 g/mol. The first-order valence-corrected chi connectivity index (χ1v) is 7.43. The Morgan fingerprint density at radius 3 is 2.28 bits per heavy atom. The van der Waals surface area contributed by atoms with Gasteiger partial charge in [-0.2, -0.15) is 0 Å². The minimum Gasteiger partial charge on any atom is -0.205 e. The lowest BCUT2D eigenvalue weighted by atomic mass is 9.78. The van der Waals surface area contributed by atoms with Gasteiger partial charge in [0.2, 0.25) is 0 Å². The molecule has 0 aliphatic rings. The summed E-state index contributed by atoms with van der Waals surface area (Å²) in [7, 11) is 0. The van der Waals surface area contributed by atoms with Crippen molar-refractivity contribution in [1.29, 1.82) is 0 Å². The highest BCUT2D eigenvalue weighted by Gasteiger charge is 2.29. The third kappa shape index (κ3) is 4.29. The van der Waals surface area contributed by atoms with Crippen molar-refractivity contribution >= 4 is 34.8 Å². The number of halogens is 4. The van der Waals surface area contributed by atoms with Crippen molar-refractivity contribution in [3.05, 3.63) is 34.6 Å². The van der Waals surface area contributed by atoms with Crippen molar-refractivity contribution in [1.82, 2.24) is 0 Å². The predicted octanol–water partition coefficient (Wildman–Crippen LogP) is 5.53. The highest BCUT2D eigenvalue weighted by molar-refractivity contribution is 6.30.